The Hall–Kier alpha value is -0.580. The summed E-state index contributed by atoms with van der Waals surface area (Å²) in [6.07, 6.45) is 0. The zero-order valence-corrected chi connectivity index (χ0v) is 9.65. The first-order valence-corrected chi connectivity index (χ1v) is 5.51. The van der Waals surface area contributed by atoms with Gasteiger partial charge >= 0.3 is 0 Å². The van der Waals surface area contributed by atoms with Crippen LogP contribution in [0.25, 0.3) is 0 Å². The van der Waals surface area contributed by atoms with Gasteiger partial charge in [-0.2, -0.15) is 0 Å². The van der Waals surface area contributed by atoms with Crippen molar-refractivity contribution < 1.29 is 4.79 Å². The van der Waals surface area contributed by atoms with Crippen LogP contribution in [0.1, 0.15) is 24.8 Å². The number of carbonyl (C=O) groups is 1. The van der Waals surface area contributed by atoms with Crippen molar-refractivity contribution in [3.8, 4) is 0 Å². The van der Waals surface area contributed by atoms with E-state index in [9.17, 15) is 4.79 Å². The van der Waals surface area contributed by atoms with Crippen molar-refractivity contribution in [2.24, 2.45) is 5.73 Å². The second kappa shape index (κ2) is 4.77. The fourth-order valence-corrected chi connectivity index (χ4v) is 2.04. The molecule has 0 saturated carbocycles. The maximum atomic E-state index is 11.3. The molecule has 1 aromatic heterocycles. The van der Waals surface area contributed by atoms with E-state index < -0.39 is 6.04 Å². The highest BCUT2D eigenvalue weighted by Gasteiger charge is 2.13. The molecule has 0 spiro atoms. The van der Waals surface area contributed by atoms with E-state index in [-0.39, 0.29) is 11.9 Å². The lowest BCUT2D eigenvalue weighted by molar-refractivity contribution is -0.122. The monoisotopic (exact) mass is 232 g/mol. The summed E-state index contributed by atoms with van der Waals surface area (Å²) in [5.41, 5.74) is 5.43. The molecule has 0 aliphatic heterocycles. The Kier molecular flexibility index (Phi) is 3.92. The van der Waals surface area contributed by atoms with Gasteiger partial charge in [0, 0.05) is 4.88 Å². The number of nitrogens with two attached hydrogens (primary N) is 1. The number of hydrogen-bond acceptors (Lipinski definition) is 3. The van der Waals surface area contributed by atoms with Crippen molar-refractivity contribution in [1.29, 1.82) is 0 Å². The van der Waals surface area contributed by atoms with Crippen LogP contribution in [0.2, 0.25) is 4.34 Å². The van der Waals surface area contributed by atoms with Gasteiger partial charge in [-0.25, -0.2) is 0 Å². The molecule has 0 aliphatic rings. The molecular formula is C9H13ClN2OS. The summed E-state index contributed by atoms with van der Waals surface area (Å²) in [5.74, 6) is -0.151. The zero-order valence-electron chi connectivity index (χ0n) is 8.08. The number of hydrogen-bond donors (Lipinski definition) is 2. The molecule has 5 heteroatoms. The lowest BCUT2D eigenvalue weighted by atomic mass is 10.2. The lowest BCUT2D eigenvalue weighted by Crippen LogP contribution is -2.39. The summed E-state index contributed by atoms with van der Waals surface area (Å²) in [6, 6.07) is 3.20. The van der Waals surface area contributed by atoms with E-state index in [0.29, 0.717) is 0 Å². The average molecular weight is 233 g/mol. The molecule has 1 rings (SSSR count). The predicted molar refractivity (Wildman–Crippen MR) is 59.5 cm³/mol. The minimum atomic E-state index is -0.479. The third-order valence-electron chi connectivity index (χ3n) is 1.79. The Balaban J connectivity index is 2.59. The van der Waals surface area contributed by atoms with E-state index in [1.807, 2.05) is 19.1 Å². The summed E-state index contributed by atoms with van der Waals surface area (Å²) in [5, 5.41) is 2.80. The summed E-state index contributed by atoms with van der Waals surface area (Å²) < 4.78 is 0.724. The van der Waals surface area contributed by atoms with Crippen molar-refractivity contribution in [3.05, 3.63) is 21.3 Å². The summed E-state index contributed by atoms with van der Waals surface area (Å²) in [6.45, 7) is 3.56. The third kappa shape index (κ3) is 2.97. The van der Waals surface area contributed by atoms with Gasteiger partial charge in [-0.05, 0) is 26.0 Å². The molecule has 1 aromatic rings. The summed E-state index contributed by atoms with van der Waals surface area (Å²) >= 11 is 7.24. The maximum absolute atomic E-state index is 11.3. The quantitative estimate of drug-likeness (QED) is 0.837. The molecule has 3 N–H and O–H groups in total. The minimum Gasteiger partial charge on any atom is -0.347 e. The Morgan fingerprint density at radius 1 is 1.57 bits per heavy atom. The Labute approximate surface area is 92.3 Å². The van der Waals surface area contributed by atoms with Gasteiger partial charge < -0.3 is 11.1 Å². The molecule has 0 saturated heterocycles. The number of nitrogens with one attached hydrogen (secondary N) is 1. The minimum absolute atomic E-state index is 0.0361. The van der Waals surface area contributed by atoms with Crippen LogP contribution in [0.4, 0.5) is 0 Å². The van der Waals surface area contributed by atoms with Crippen molar-refractivity contribution in [2.75, 3.05) is 0 Å². The molecule has 3 nitrogen and oxygen atoms in total. The van der Waals surface area contributed by atoms with Gasteiger partial charge in [-0.15, -0.1) is 11.3 Å². The van der Waals surface area contributed by atoms with Gasteiger partial charge in [-0.1, -0.05) is 11.6 Å². The molecule has 0 aromatic carbocycles. The van der Waals surface area contributed by atoms with Crippen molar-refractivity contribution in [3.63, 3.8) is 0 Å². The molecule has 0 radical (unpaired) electrons. The standard InChI is InChI=1S/C9H13ClN2OS/c1-5(11)9(13)12-6(2)7-3-4-8(10)14-7/h3-6H,11H2,1-2H3,(H,12,13)/t5-,6-/m1/s1. The molecule has 0 aliphatic carbocycles. The topological polar surface area (TPSA) is 55.1 Å². The smallest absolute Gasteiger partial charge is 0.237 e. The highest BCUT2D eigenvalue weighted by molar-refractivity contribution is 7.16. The van der Waals surface area contributed by atoms with Crippen LogP contribution in [0.3, 0.4) is 0 Å². The van der Waals surface area contributed by atoms with E-state index in [2.05, 4.69) is 5.32 Å². The second-order valence-electron chi connectivity index (χ2n) is 3.16. The van der Waals surface area contributed by atoms with Crippen LogP contribution in [-0.2, 0) is 4.79 Å². The highest BCUT2D eigenvalue weighted by Crippen LogP contribution is 2.26. The number of thiophene rings is 1. The largest absolute Gasteiger partial charge is 0.347 e. The van der Waals surface area contributed by atoms with Gasteiger partial charge in [0.25, 0.3) is 0 Å². The number of carbonyl (C=O) groups excluding carboxylic acids is 1. The van der Waals surface area contributed by atoms with Crippen LogP contribution >= 0.6 is 22.9 Å². The molecule has 1 amide bonds. The van der Waals surface area contributed by atoms with Gasteiger partial charge in [0.15, 0.2) is 0 Å². The van der Waals surface area contributed by atoms with Crippen LogP contribution in [0, 0.1) is 0 Å². The molecule has 2 atom stereocenters. The fraction of sp³-hybridized carbons (Fsp3) is 0.444. The summed E-state index contributed by atoms with van der Waals surface area (Å²) in [7, 11) is 0. The zero-order chi connectivity index (χ0) is 10.7. The fourth-order valence-electron chi connectivity index (χ4n) is 0.977. The average Bonchev–Trinajstić information content (AvgIpc) is 2.51. The van der Waals surface area contributed by atoms with Crippen molar-refractivity contribution in [2.45, 2.75) is 25.9 Å². The van der Waals surface area contributed by atoms with Crippen LogP contribution in [0.5, 0.6) is 0 Å². The van der Waals surface area contributed by atoms with E-state index in [4.69, 9.17) is 17.3 Å². The summed E-state index contributed by atoms with van der Waals surface area (Å²) in [4.78, 5) is 12.3. The Morgan fingerprint density at radius 2 is 2.21 bits per heavy atom. The molecule has 0 bridgehead atoms. The van der Waals surface area contributed by atoms with E-state index in [0.717, 1.165) is 9.21 Å². The first-order valence-electron chi connectivity index (χ1n) is 4.32. The van der Waals surface area contributed by atoms with E-state index in [1.54, 1.807) is 6.92 Å². The lowest BCUT2D eigenvalue weighted by Gasteiger charge is -2.13. The van der Waals surface area contributed by atoms with E-state index >= 15 is 0 Å². The normalized spacial score (nSPS) is 14.9. The molecule has 0 fully saturated rings. The Bertz CT molecular complexity index is 324. The maximum Gasteiger partial charge on any atom is 0.237 e. The SMILES string of the molecule is C[C@@H](N)C(=O)N[C@H](C)c1ccc(Cl)s1. The molecule has 78 valence electrons. The highest BCUT2D eigenvalue weighted by atomic mass is 35.5. The van der Waals surface area contributed by atoms with Crippen LogP contribution in [-0.4, -0.2) is 11.9 Å². The third-order valence-corrected chi connectivity index (χ3v) is 3.21. The number of halogens is 1. The first-order chi connectivity index (χ1) is 6.50. The van der Waals surface area contributed by atoms with Crippen LogP contribution < -0.4 is 11.1 Å². The van der Waals surface area contributed by atoms with Crippen molar-refractivity contribution >= 4 is 28.8 Å². The number of amides is 1. The predicted octanol–water partition coefficient (Wildman–Crippen LogP) is 1.93. The van der Waals surface area contributed by atoms with Gasteiger partial charge in [-0.3, -0.25) is 4.79 Å². The van der Waals surface area contributed by atoms with Gasteiger partial charge in [0.05, 0.1) is 16.4 Å². The molecular weight excluding hydrogens is 220 g/mol. The van der Waals surface area contributed by atoms with Gasteiger partial charge in [0.1, 0.15) is 0 Å². The first kappa shape index (κ1) is 11.5. The van der Waals surface area contributed by atoms with Crippen molar-refractivity contribution in [1.82, 2.24) is 5.32 Å². The number of rotatable bonds is 3. The second-order valence-corrected chi connectivity index (χ2v) is 4.91. The molecule has 14 heavy (non-hydrogen) atoms. The molecule has 1 heterocycles. The Morgan fingerprint density at radius 3 is 2.64 bits per heavy atom. The van der Waals surface area contributed by atoms with E-state index in [1.165, 1.54) is 11.3 Å². The van der Waals surface area contributed by atoms with Crippen LogP contribution in [0.15, 0.2) is 12.1 Å². The van der Waals surface area contributed by atoms with Gasteiger partial charge in [0.2, 0.25) is 5.91 Å². The molecule has 0 unspecified atom stereocenters.